The highest BCUT2D eigenvalue weighted by molar-refractivity contribution is 7.89. The van der Waals surface area contributed by atoms with E-state index in [1.165, 1.54) is 0 Å². The molecule has 31 heavy (non-hydrogen) atoms. The second-order valence-electron chi connectivity index (χ2n) is 7.30. The van der Waals surface area contributed by atoms with Crippen molar-refractivity contribution < 1.29 is 17.7 Å². The van der Waals surface area contributed by atoms with E-state index in [4.69, 9.17) is 9.26 Å². The maximum absolute atomic E-state index is 12.6. The highest BCUT2D eigenvalue weighted by Gasteiger charge is 2.19. The number of aryl methyl sites for hydroxylation is 2. The third-order valence-corrected chi connectivity index (χ3v) is 6.15. The largest absolute Gasteiger partial charge is 0.486 e. The van der Waals surface area contributed by atoms with Crippen LogP contribution < -0.4 is 4.74 Å². The van der Waals surface area contributed by atoms with Crippen molar-refractivity contribution in [2.75, 3.05) is 0 Å². The molecule has 0 saturated carbocycles. The molecule has 0 aliphatic rings. The van der Waals surface area contributed by atoms with E-state index in [0.717, 1.165) is 17.0 Å². The second-order valence-corrected chi connectivity index (χ2v) is 9.36. The van der Waals surface area contributed by atoms with Crippen LogP contribution in [0, 0.1) is 6.92 Å². The van der Waals surface area contributed by atoms with Crippen molar-refractivity contribution in [3.63, 3.8) is 0 Å². The predicted octanol–water partition coefficient (Wildman–Crippen LogP) is 3.47. The number of imidazole rings is 1. The number of ether oxygens (including phenoxy) is 1. The zero-order valence-corrected chi connectivity index (χ0v) is 18.0. The summed E-state index contributed by atoms with van der Waals surface area (Å²) in [5.74, 6) is 1.45. The molecular formula is C22H22N4O4S. The fourth-order valence-corrected chi connectivity index (χ4v) is 4.37. The molecule has 8 nitrogen and oxygen atoms in total. The van der Waals surface area contributed by atoms with Crippen LogP contribution in [-0.2, 0) is 35.0 Å². The first-order chi connectivity index (χ1) is 14.9. The number of hydrogen-bond acceptors (Lipinski definition) is 7. The van der Waals surface area contributed by atoms with Gasteiger partial charge in [-0.1, -0.05) is 41.1 Å². The van der Waals surface area contributed by atoms with Crippen LogP contribution in [0.2, 0.25) is 0 Å². The van der Waals surface area contributed by atoms with Gasteiger partial charge in [-0.15, -0.1) is 0 Å². The van der Waals surface area contributed by atoms with Crippen LogP contribution in [0.25, 0.3) is 11.4 Å². The molecule has 160 valence electrons. The van der Waals surface area contributed by atoms with Gasteiger partial charge in [0.05, 0.1) is 5.75 Å². The number of benzene rings is 2. The Morgan fingerprint density at radius 1 is 1.10 bits per heavy atom. The van der Waals surface area contributed by atoms with Gasteiger partial charge in [-0.3, -0.25) is 0 Å². The molecule has 0 unspecified atom stereocenters. The molecule has 0 radical (unpaired) electrons. The summed E-state index contributed by atoms with van der Waals surface area (Å²) in [5, 5.41) is 3.90. The molecular weight excluding hydrogens is 416 g/mol. The lowest BCUT2D eigenvalue weighted by molar-refractivity contribution is 0.292. The van der Waals surface area contributed by atoms with Crippen molar-refractivity contribution >= 4 is 9.84 Å². The molecule has 2 aromatic carbocycles. The average molecular weight is 439 g/mol. The molecule has 4 rings (SSSR count). The Morgan fingerprint density at radius 2 is 1.90 bits per heavy atom. The molecule has 0 amide bonds. The van der Waals surface area contributed by atoms with Crippen molar-refractivity contribution in [2.24, 2.45) is 7.05 Å². The van der Waals surface area contributed by atoms with E-state index in [1.54, 1.807) is 30.5 Å². The van der Waals surface area contributed by atoms with Gasteiger partial charge < -0.3 is 13.8 Å². The van der Waals surface area contributed by atoms with Crippen LogP contribution in [0.4, 0.5) is 0 Å². The van der Waals surface area contributed by atoms with Crippen molar-refractivity contribution in [1.82, 2.24) is 19.7 Å². The summed E-state index contributed by atoms with van der Waals surface area (Å²) in [4.78, 5) is 8.43. The van der Waals surface area contributed by atoms with Gasteiger partial charge in [-0.05, 0) is 30.7 Å². The monoisotopic (exact) mass is 438 g/mol. The van der Waals surface area contributed by atoms with E-state index in [2.05, 4.69) is 15.1 Å². The standard InChI is InChI=1S/C22H22N4O4S/c1-16-4-3-5-18(12-16)22-24-21(30-25-22)15-31(27,28)14-17-6-8-19(9-7-17)29-13-20-23-10-11-26(20)2/h3-12H,13-15H2,1-2H3. The van der Waals surface area contributed by atoms with Crippen molar-refractivity contribution in [3.05, 3.63) is 83.8 Å². The minimum atomic E-state index is -3.48. The topological polar surface area (TPSA) is 100 Å². The van der Waals surface area contributed by atoms with Gasteiger partial charge in [-0.25, -0.2) is 13.4 Å². The molecule has 0 N–H and O–H groups in total. The summed E-state index contributed by atoms with van der Waals surface area (Å²) in [7, 11) is -1.59. The molecule has 9 heteroatoms. The predicted molar refractivity (Wildman–Crippen MR) is 115 cm³/mol. The summed E-state index contributed by atoms with van der Waals surface area (Å²) in [5.41, 5.74) is 2.50. The van der Waals surface area contributed by atoms with Crippen LogP contribution in [0.5, 0.6) is 5.75 Å². The molecule has 0 saturated heterocycles. The first-order valence-electron chi connectivity index (χ1n) is 9.66. The normalized spacial score (nSPS) is 11.5. The van der Waals surface area contributed by atoms with Gasteiger partial charge >= 0.3 is 0 Å². The summed E-state index contributed by atoms with van der Waals surface area (Å²) >= 11 is 0. The van der Waals surface area contributed by atoms with E-state index in [1.807, 2.05) is 49.0 Å². The Morgan fingerprint density at radius 3 is 2.61 bits per heavy atom. The highest BCUT2D eigenvalue weighted by Crippen LogP contribution is 2.20. The first kappa shape index (κ1) is 20.8. The van der Waals surface area contributed by atoms with E-state index in [9.17, 15) is 8.42 Å². The third kappa shape index (κ3) is 5.37. The van der Waals surface area contributed by atoms with Gasteiger partial charge in [0.15, 0.2) is 9.84 Å². The molecule has 2 aromatic heterocycles. The molecule has 0 aliphatic heterocycles. The number of nitrogens with zero attached hydrogens (tertiary/aromatic N) is 4. The van der Waals surface area contributed by atoms with Gasteiger partial charge in [0.1, 0.15) is 23.9 Å². The van der Waals surface area contributed by atoms with Crippen LogP contribution in [-0.4, -0.2) is 28.1 Å². The molecule has 0 spiro atoms. The lowest BCUT2D eigenvalue weighted by Crippen LogP contribution is -2.08. The molecule has 0 fully saturated rings. The zero-order valence-electron chi connectivity index (χ0n) is 17.2. The Labute approximate surface area is 180 Å². The number of rotatable bonds is 8. The lowest BCUT2D eigenvalue weighted by Gasteiger charge is -2.07. The molecule has 0 atom stereocenters. The molecule has 0 bridgehead atoms. The van der Waals surface area contributed by atoms with E-state index in [0.29, 0.717) is 23.7 Å². The Balaban J connectivity index is 1.37. The van der Waals surface area contributed by atoms with Gasteiger partial charge in [0.2, 0.25) is 11.7 Å². The average Bonchev–Trinajstić information content (AvgIpc) is 3.35. The SMILES string of the molecule is Cc1cccc(-c2noc(CS(=O)(=O)Cc3ccc(OCc4nccn4C)cc3)n2)c1. The molecule has 2 heterocycles. The lowest BCUT2D eigenvalue weighted by atomic mass is 10.1. The summed E-state index contributed by atoms with van der Waals surface area (Å²) in [6.07, 6.45) is 3.56. The van der Waals surface area contributed by atoms with Crippen molar-refractivity contribution in [3.8, 4) is 17.1 Å². The maximum Gasteiger partial charge on any atom is 0.242 e. The van der Waals surface area contributed by atoms with E-state index < -0.39 is 9.84 Å². The second kappa shape index (κ2) is 8.73. The van der Waals surface area contributed by atoms with Crippen LogP contribution in [0.1, 0.15) is 22.8 Å². The van der Waals surface area contributed by atoms with Crippen molar-refractivity contribution in [2.45, 2.75) is 25.0 Å². The fourth-order valence-electron chi connectivity index (χ4n) is 3.07. The van der Waals surface area contributed by atoms with Crippen LogP contribution in [0.15, 0.2) is 65.4 Å². The highest BCUT2D eigenvalue weighted by atomic mass is 32.2. The van der Waals surface area contributed by atoms with Crippen LogP contribution >= 0.6 is 0 Å². The maximum atomic E-state index is 12.6. The molecule has 0 aliphatic carbocycles. The fraction of sp³-hybridized carbons (Fsp3) is 0.227. The minimum Gasteiger partial charge on any atom is -0.486 e. The molecule has 4 aromatic rings. The van der Waals surface area contributed by atoms with E-state index >= 15 is 0 Å². The van der Waals surface area contributed by atoms with Gasteiger partial charge in [-0.2, -0.15) is 4.98 Å². The number of aromatic nitrogens is 4. The van der Waals surface area contributed by atoms with Gasteiger partial charge in [0.25, 0.3) is 0 Å². The summed E-state index contributed by atoms with van der Waals surface area (Å²) in [6.45, 7) is 2.30. The summed E-state index contributed by atoms with van der Waals surface area (Å²) in [6, 6.07) is 14.6. The third-order valence-electron chi connectivity index (χ3n) is 4.69. The van der Waals surface area contributed by atoms with Crippen molar-refractivity contribution in [1.29, 1.82) is 0 Å². The Kier molecular flexibility index (Phi) is 5.85. The summed E-state index contributed by atoms with van der Waals surface area (Å²) < 4.78 is 37.9. The smallest absolute Gasteiger partial charge is 0.242 e. The number of sulfone groups is 1. The quantitative estimate of drug-likeness (QED) is 0.415. The van der Waals surface area contributed by atoms with Crippen LogP contribution in [0.3, 0.4) is 0 Å². The Bertz CT molecular complexity index is 1280. The number of hydrogen-bond donors (Lipinski definition) is 0. The first-order valence-corrected chi connectivity index (χ1v) is 11.5. The zero-order chi connectivity index (χ0) is 21.8. The van der Waals surface area contributed by atoms with E-state index in [-0.39, 0.29) is 17.4 Å². The minimum absolute atomic E-state index is 0.0755. The Hall–Kier alpha value is -3.46. The van der Waals surface area contributed by atoms with Gasteiger partial charge in [0, 0.05) is 25.0 Å².